The van der Waals surface area contributed by atoms with Gasteiger partial charge in [-0.05, 0) is 32.4 Å². The van der Waals surface area contributed by atoms with Crippen LogP contribution in [-0.4, -0.2) is 26.3 Å². The molecule has 0 saturated carbocycles. The third kappa shape index (κ3) is 2.21. The molecule has 1 unspecified atom stereocenters. The van der Waals surface area contributed by atoms with Gasteiger partial charge in [-0.25, -0.2) is 0 Å². The number of anilines is 1. The average molecular weight is 260 g/mol. The van der Waals surface area contributed by atoms with Gasteiger partial charge in [-0.15, -0.1) is 0 Å². The Morgan fingerprint density at radius 3 is 2.47 bits per heavy atom. The predicted molar refractivity (Wildman–Crippen MR) is 74.7 cm³/mol. The highest BCUT2D eigenvalue weighted by Gasteiger charge is 2.41. The van der Waals surface area contributed by atoms with Crippen LogP contribution in [0.15, 0.2) is 18.2 Å². The van der Waals surface area contributed by atoms with E-state index in [-0.39, 0.29) is 11.5 Å². The predicted octanol–water partition coefficient (Wildman–Crippen LogP) is 2.83. The Morgan fingerprint density at radius 1 is 1.26 bits per heavy atom. The van der Waals surface area contributed by atoms with Crippen LogP contribution in [0.1, 0.15) is 20.3 Å². The van der Waals surface area contributed by atoms with Gasteiger partial charge in [0.2, 0.25) is 0 Å². The summed E-state index contributed by atoms with van der Waals surface area (Å²) in [5.74, 6) is 1.50. The lowest BCUT2D eigenvalue weighted by Crippen LogP contribution is -2.42. The van der Waals surface area contributed by atoms with Crippen molar-refractivity contribution in [2.75, 3.05) is 25.7 Å². The molecule has 4 heteroatoms. The Labute approximate surface area is 114 Å². The van der Waals surface area contributed by atoms with Gasteiger partial charge in [-0.1, -0.05) is 0 Å². The first-order chi connectivity index (χ1) is 9.04. The normalized spacial score (nSPS) is 21.0. The summed E-state index contributed by atoms with van der Waals surface area (Å²) in [6.45, 7) is 5.12. The first-order valence-corrected chi connectivity index (χ1v) is 6.44. The van der Waals surface area contributed by atoms with E-state index in [1.54, 1.807) is 14.2 Å². The van der Waals surface area contributed by atoms with E-state index >= 15 is 0 Å². The van der Waals surface area contributed by atoms with E-state index < -0.39 is 0 Å². The maximum atomic E-state index is 9.23. The molecule has 0 bridgehead atoms. The van der Waals surface area contributed by atoms with Crippen LogP contribution in [0.4, 0.5) is 5.69 Å². The van der Waals surface area contributed by atoms with Crippen LogP contribution in [0.3, 0.4) is 0 Å². The molecule has 0 N–H and O–H groups in total. The first-order valence-electron chi connectivity index (χ1n) is 6.44. The number of nitrogens with zero attached hydrogens (tertiary/aromatic N) is 2. The molecule has 0 aliphatic carbocycles. The Morgan fingerprint density at radius 2 is 1.95 bits per heavy atom. The van der Waals surface area contributed by atoms with Gasteiger partial charge in [0.25, 0.3) is 0 Å². The zero-order valence-corrected chi connectivity index (χ0v) is 11.9. The molecular formula is C15H20N2O2. The maximum absolute atomic E-state index is 9.23. The molecule has 102 valence electrons. The fraction of sp³-hybridized carbons (Fsp3) is 0.533. The van der Waals surface area contributed by atoms with Gasteiger partial charge in [-0.2, -0.15) is 5.26 Å². The number of rotatable bonds is 3. The molecule has 1 atom stereocenters. The highest BCUT2D eigenvalue weighted by atomic mass is 16.5. The Hall–Kier alpha value is -1.89. The Bertz CT molecular complexity index is 505. The summed E-state index contributed by atoms with van der Waals surface area (Å²) in [5.41, 5.74) is 0.911. The highest BCUT2D eigenvalue weighted by Crippen LogP contribution is 2.40. The summed E-state index contributed by atoms with van der Waals surface area (Å²) in [4.78, 5) is 2.27. The molecule has 1 aromatic rings. The fourth-order valence-corrected chi connectivity index (χ4v) is 2.76. The van der Waals surface area contributed by atoms with Gasteiger partial charge in [0, 0.05) is 18.3 Å². The van der Waals surface area contributed by atoms with Crippen LogP contribution in [0.5, 0.6) is 11.5 Å². The van der Waals surface area contributed by atoms with Crippen molar-refractivity contribution in [1.82, 2.24) is 0 Å². The lowest BCUT2D eigenvalue weighted by molar-refractivity contribution is 0.354. The van der Waals surface area contributed by atoms with Crippen molar-refractivity contribution in [3.63, 3.8) is 0 Å². The molecule has 4 nitrogen and oxygen atoms in total. The summed E-state index contributed by atoms with van der Waals surface area (Å²) in [6, 6.07) is 8.30. The molecular weight excluding hydrogens is 240 g/mol. The molecule has 1 saturated heterocycles. The molecule has 1 aliphatic rings. The third-order valence-electron chi connectivity index (χ3n) is 4.02. The van der Waals surface area contributed by atoms with Crippen LogP contribution < -0.4 is 14.4 Å². The van der Waals surface area contributed by atoms with Crippen LogP contribution in [0, 0.1) is 17.2 Å². The SMILES string of the molecule is COc1ccc(N2CCC(C#N)C2(C)C)cc1OC. The number of hydrogen-bond donors (Lipinski definition) is 0. The molecule has 1 fully saturated rings. The van der Waals surface area contributed by atoms with Gasteiger partial charge in [0.1, 0.15) is 0 Å². The second-order valence-corrected chi connectivity index (χ2v) is 5.31. The van der Waals surface area contributed by atoms with Gasteiger partial charge < -0.3 is 14.4 Å². The van der Waals surface area contributed by atoms with Crippen LogP contribution in [0.25, 0.3) is 0 Å². The molecule has 2 rings (SSSR count). The second-order valence-electron chi connectivity index (χ2n) is 5.31. The van der Waals surface area contributed by atoms with Gasteiger partial charge in [0.15, 0.2) is 11.5 Å². The molecule has 1 aromatic carbocycles. The molecule has 0 aromatic heterocycles. The van der Waals surface area contributed by atoms with E-state index in [0.717, 1.165) is 30.2 Å². The van der Waals surface area contributed by atoms with Crippen molar-refractivity contribution in [2.24, 2.45) is 5.92 Å². The Balaban J connectivity index is 2.36. The van der Waals surface area contributed by atoms with E-state index in [9.17, 15) is 5.26 Å². The number of hydrogen-bond acceptors (Lipinski definition) is 4. The van der Waals surface area contributed by atoms with Crippen LogP contribution >= 0.6 is 0 Å². The summed E-state index contributed by atoms with van der Waals surface area (Å²) >= 11 is 0. The maximum Gasteiger partial charge on any atom is 0.162 e. The molecule has 19 heavy (non-hydrogen) atoms. The molecule has 1 aliphatic heterocycles. The van der Waals surface area contributed by atoms with E-state index in [4.69, 9.17) is 9.47 Å². The van der Waals surface area contributed by atoms with Crippen LogP contribution in [0.2, 0.25) is 0 Å². The number of methoxy groups -OCH3 is 2. The van der Waals surface area contributed by atoms with E-state index in [2.05, 4.69) is 24.8 Å². The van der Waals surface area contributed by atoms with Gasteiger partial charge in [-0.3, -0.25) is 0 Å². The monoisotopic (exact) mass is 260 g/mol. The van der Waals surface area contributed by atoms with Crippen molar-refractivity contribution in [1.29, 1.82) is 5.26 Å². The van der Waals surface area contributed by atoms with Crippen molar-refractivity contribution >= 4 is 5.69 Å². The smallest absolute Gasteiger partial charge is 0.162 e. The first kappa shape index (κ1) is 13.5. The summed E-state index contributed by atoms with van der Waals surface area (Å²) in [6.07, 6.45) is 0.901. The molecule has 0 radical (unpaired) electrons. The summed E-state index contributed by atoms with van der Waals surface area (Å²) in [5, 5.41) is 9.23. The van der Waals surface area contributed by atoms with Crippen molar-refractivity contribution in [3.05, 3.63) is 18.2 Å². The van der Waals surface area contributed by atoms with Crippen molar-refractivity contribution in [3.8, 4) is 17.6 Å². The van der Waals surface area contributed by atoms with Crippen LogP contribution in [-0.2, 0) is 0 Å². The molecule has 0 amide bonds. The quantitative estimate of drug-likeness (QED) is 0.838. The largest absolute Gasteiger partial charge is 0.493 e. The van der Waals surface area contributed by atoms with Gasteiger partial charge >= 0.3 is 0 Å². The minimum Gasteiger partial charge on any atom is -0.493 e. The molecule has 1 heterocycles. The van der Waals surface area contributed by atoms with E-state index in [0.29, 0.717) is 0 Å². The van der Waals surface area contributed by atoms with E-state index in [1.165, 1.54) is 0 Å². The summed E-state index contributed by atoms with van der Waals surface area (Å²) in [7, 11) is 3.26. The summed E-state index contributed by atoms with van der Waals surface area (Å²) < 4.78 is 10.6. The molecule has 0 spiro atoms. The minimum absolute atomic E-state index is 0.0561. The second kappa shape index (κ2) is 5.00. The lowest BCUT2D eigenvalue weighted by atomic mass is 9.89. The zero-order chi connectivity index (χ0) is 14.0. The van der Waals surface area contributed by atoms with Crippen molar-refractivity contribution in [2.45, 2.75) is 25.8 Å². The third-order valence-corrected chi connectivity index (χ3v) is 4.02. The van der Waals surface area contributed by atoms with Crippen molar-refractivity contribution < 1.29 is 9.47 Å². The number of ether oxygens (including phenoxy) is 2. The standard InChI is InChI=1S/C15H20N2O2/c1-15(2)11(10-16)7-8-17(15)12-5-6-13(18-3)14(9-12)19-4/h5-6,9,11H,7-8H2,1-4H3. The highest BCUT2D eigenvalue weighted by molar-refractivity contribution is 5.58. The number of benzene rings is 1. The van der Waals surface area contributed by atoms with E-state index in [1.807, 2.05) is 18.2 Å². The zero-order valence-electron chi connectivity index (χ0n) is 11.9. The van der Waals surface area contributed by atoms with Gasteiger partial charge in [0.05, 0.1) is 31.7 Å². The lowest BCUT2D eigenvalue weighted by Gasteiger charge is -2.35. The average Bonchev–Trinajstić information content (AvgIpc) is 2.72. The Kier molecular flexibility index (Phi) is 3.57. The fourth-order valence-electron chi connectivity index (χ4n) is 2.76. The number of nitriles is 1. The minimum atomic E-state index is -0.158. The topological polar surface area (TPSA) is 45.5 Å².